The number of likely N-dealkylation sites (tertiary alicyclic amines) is 1. The van der Waals surface area contributed by atoms with Crippen LogP contribution in [0, 0.1) is 5.92 Å². The molecule has 0 saturated carbocycles. The van der Waals surface area contributed by atoms with E-state index in [9.17, 15) is 4.79 Å². The highest BCUT2D eigenvalue weighted by Crippen LogP contribution is 2.20. The number of allylic oxidation sites excluding steroid dienone is 1. The van der Waals surface area contributed by atoms with E-state index in [1.54, 1.807) is 25.4 Å². The Bertz CT molecular complexity index is 856. The molecule has 26 heavy (non-hydrogen) atoms. The maximum Gasteiger partial charge on any atom is 0.219 e. The van der Waals surface area contributed by atoms with Crippen LogP contribution < -0.4 is 5.73 Å². The molecule has 0 unspecified atom stereocenters. The first kappa shape index (κ1) is 18.3. The third-order valence-corrected chi connectivity index (χ3v) is 4.88. The van der Waals surface area contributed by atoms with Crippen molar-refractivity contribution in [3.63, 3.8) is 0 Å². The normalized spacial score (nSPS) is 16.5. The Labute approximate surface area is 157 Å². The third kappa shape index (κ3) is 4.38. The van der Waals surface area contributed by atoms with Gasteiger partial charge in [-0.2, -0.15) is 0 Å². The van der Waals surface area contributed by atoms with Crippen LogP contribution in [0.2, 0.25) is 5.15 Å². The van der Waals surface area contributed by atoms with Crippen LogP contribution in [0.5, 0.6) is 0 Å². The average molecular weight is 372 g/mol. The molecule has 6 nitrogen and oxygen atoms in total. The standard InChI is InChI=1S/C19H22ClN5O/c1-13(26)25-6-4-14(5-7-25)10-22-11-16(9-21)15-8-18-17(23-12-15)2-3-19(20)24-18/h2-3,8-9,11-12,14H,4-7,10,21H2,1H3. The van der Waals surface area contributed by atoms with Crippen LogP contribution in [-0.2, 0) is 4.79 Å². The largest absolute Gasteiger partial charge is 0.404 e. The second kappa shape index (κ2) is 8.27. The maximum absolute atomic E-state index is 11.4. The Morgan fingerprint density at radius 1 is 1.38 bits per heavy atom. The number of hydrogen-bond donors (Lipinski definition) is 1. The molecule has 1 saturated heterocycles. The highest BCUT2D eigenvalue weighted by Gasteiger charge is 2.20. The number of carbonyl (C=O) groups excluding carboxylic acids is 1. The number of hydrogen-bond acceptors (Lipinski definition) is 5. The molecule has 1 amide bonds. The molecule has 0 atom stereocenters. The molecule has 1 aliphatic rings. The van der Waals surface area contributed by atoms with E-state index in [1.165, 1.54) is 6.20 Å². The molecular weight excluding hydrogens is 350 g/mol. The molecule has 1 fully saturated rings. The van der Waals surface area contributed by atoms with Gasteiger partial charge in [0.05, 0.1) is 11.0 Å². The van der Waals surface area contributed by atoms with Crippen LogP contribution >= 0.6 is 11.6 Å². The topological polar surface area (TPSA) is 84.5 Å². The van der Waals surface area contributed by atoms with Gasteiger partial charge in [0.25, 0.3) is 0 Å². The average Bonchev–Trinajstić information content (AvgIpc) is 2.65. The van der Waals surface area contributed by atoms with Gasteiger partial charge in [-0.05, 0) is 37.0 Å². The molecule has 2 aromatic heterocycles. The van der Waals surface area contributed by atoms with Gasteiger partial charge in [-0.3, -0.25) is 14.8 Å². The van der Waals surface area contributed by atoms with Crippen molar-refractivity contribution in [3.05, 3.63) is 41.3 Å². The molecule has 2 N–H and O–H groups in total. The van der Waals surface area contributed by atoms with Crippen molar-refractivity contribution in [2.24, 2.45) is 16.6 Å². The lowest BCUT2D eigenvalue weighted by molar-refractivity contribution is -0.130. The number of aliphatic imine (C=N–C) groups is 1. The lowest BCUT2D eigenvalue weighted by atomic mass is 9.97. The minimum absolute atomic E-state index is 0.151. The van der Waals surface area contributed by atoms with E-state index in [1.807, 2.05) is 17.0 Å². The number of piperidine rings is 1. The van der Waals surface area contributed by atoms with Crippen molar-refractivity contribution in [2.75, 3.05) is 19.6 Å². The monoisotopic (exact) mass is 371 g/mol. The van der Waals surface area contributed by atoms with E-state index in [0.717, 1.165) is 54.6 Å². The van der Waals surface area contributed by atoms with Gasteiger partial charge >= 0.3 is 0 Å². The van der Waals surface area contributed by atoms with Crippen LogP contribution in [0.15, 0.2) is 35.6 Å². The molecule has 7 heteroatoms. The first-order valence-corrected chi connectivity index (χ1v) is 9.04. The van der Waals surface area contributed by atoms with Crippen molar-refractivity contribution in [1.29, 1.82) is 0 Å². The SMILES string of the molecule is CC(=O)N1CCC(CN=CC(=CN)c2cnc3ccc(Cl)nc3c2)CC1. The van der Waals surface area contributed by atoms with Crippen molar-refractivity contribution >= 4 is 40.3 Å². The van der Waals surface area contributed by atoms with Gasteiger partial charge in [-0.25, -0.2) is 4.98 Å². The fourth-order valence-electron chi connectivity index (χ4n) is 3.08. The minimum Gasteiger partial charge on any atom is -0.404 e. The smallest absolute Gasteiger partial charge is 0.219 e. The highest BCUT2D eigenvalue weighted by atomic mass is 35.5. The van der Waals surface area contributed by atoms with Crippen molar-refractivity contribution in [1.82, 2.24) is 14.9 Å². The van der Waals surface area contributed by atoms with Gasteiger partial charge in [-0.15, -0.1) is 0 Å². The molecule has 0 aliphatic carbocycles. The number of carbonyl (C=O) groups is 1. The number of aromatic nitrogens is 2. The number of nitrogens with zero attached hydrogens (tertiary/aromatic N) is 4. The van der Waals surface area contributed by atoms with Crippen molar-refractivity contribution < 1.29 is 4.79 Å². The molecular formula is C19H22ClN5O. The Morgan fingerprint density at radius 2 is 2.15 bits per heavy atom. The Kier molecular flexibility index (Phi) is 5.83. The lowest BCUT2D eigenvalue weighted by Gasteiger charge is -2.30. The van der Waals surface area contributed by atoms with Crippen molar-refractivity contribution in [3.8, 4) is 0 Å². The first-order valence-electron chi connectivity index (χ1n) is 8.66. The summed E-state index contributed by atoms with van der Waals surface area (Å²) in [6.07, 6.45) is 7.03. The second-order valence-corrected chi connectivity index (χ2v) is 6.85. The van der Waals surface area contributed by atoms with E-state index in [0.29, 0.717) is 11.1 Å². The van der Waals surface area contributed by atoms with Crippen LogP contribution in [-0.4, -0.2) is 46.6 Å². The lowest BCUT2D eigenvalue weighted by Crippen LogP contribution is -2.37. The zero-order chi connectivity index (χ0) is 18.5. The zero-order valence-corrected chi connectivity index (χ0v) is 15.5. The van der Waals surface area contributed by atoms with Crippen molar-refractivity contribution in [2.45, 2.75) is 19.8 Å². The molecule has 0 spiro atoms. The third-order valence-electron chi connectivity index (χ3n) is 4.67. The summed E-state index contributed by atoms with van der Waals surface area (Å²) in [5, 5.41) is 0.431. The summed E-state index contributed by atoms with van der Waals surface area (Å²) in [5.41, 5.74) is 8.93. The summed E-state index contributed by atoms with van der Waals surface area (Å²) in [7, 11) is 0. The van der Waals surface area contributed by atoms with E-state index in [-0.39, 0.29) is 5.91 Å². The van der Waals surface area contributed by atoms with Crippen LogP contribution in [0.3, 0.4) is 0 Å². The number of rotatable bonds is 4. The van der Waals surface area contributed by atoms with Gasteiger partial charge in [0.2, 0.25) is 5.91 Å². The number of pyridine rings is 2. The van der Waals surface area contributed by atoms with Gasteiger partial charge in [0.1, 0.15) is 5.15 Å². The van der Waals surface area contributed by atoms with Gasteiger partial charge in [0, 0.05) is 56.3 Å². The molecule has 2 aromatic rings. The summed E-state index contributed by atoms with van der Waals surface area (Å²) in [5.74, 6) is 0.647. The van der Waals surface area contributed by atoms with Crippen LogP contribution in [0.25, 0.3) is 16.6 Å². The van der Waals surface area contributed by atoms with Gasteiger partial charge in [0.15, 0.2) is 0 Å². The fourth-order valence-corrected chi connectivity index (χ4v) is 3.24. The van der Waals surface area contributed by atoms with Gasteiger partial charge in [-0.1, -0.05) is 11.6 Å². The number of amides is 1. The summed E-state index contributed by atoms with van der Waals surface area (Å²) >= 11 is 5.95. The Morgan fingerprint density at radius 3 is 2.85 bits per heavy atom. The van der Waals surface area contributed by atoms with Crippen LogP contribution in [0.1, 0.15) is 25.3 Å². The summed E-state index contributed by atoms with van der Waals surface area (Å²) in [6, 6.07) is 5.46. The predicted octanol–water partition coefficient (Wildman–Crippen LogP) is 2.91. The summed E-state index contributed by atoms with van der Waals surface area (Å²) in [6.45, 7) is 3.98. The quantitative estimate of drug-likeness (QED) is 0.661. The fraction of sp³-hybridized carbons (Fsp3) is 0.368. The Hall–Kier alpha value is -2.47. The van der Waals surface area contributed by atoms with Gasteiger partial charge < -0.3 is 10.6 Å². The number of nitrogens with two attached hydrogens (primary N) is 1. The Balaban J connectivity index is 1.64. The van der Waals surface area contributed by atoms with E-state index >= 15 is 0 Å². The number of fused-ring (bicyclic) bond motifs is 1. The zero-order valence-electron chi connectivity index (χ0n) is 14.7. The molecule has 136 valence electrons. The summed E-state index contributed by atoms with van der Waals surface area (Å²) in [4.78, 5) is 26.5. The van der Waals surface area contributed by atoms with E-state index in [4.69, 9.17) is 17.3 Å². The molecule has 3 heterocycles. The number of halogens is 1. The predicted molar refractivity (Wildman–Crippen MR) is 105 cm³/mol. The molecule has 0 bridgehead atoms. The first-order chi connectivity index (χ1) is 12.6. The highest BCUT2D eigenvalue weighted by molar-refractivity contribution is 6.29. The van der Waals surface area contributed by atoms with E-state index < -0.39 is 0 Å². The minimum atomic E-state index is 0.151. The van der Waals surface area contributed by atoms with E-state index in [2.05, 4.69) is 15.0 Å². The van der Waals surface area contributed by atoms with Crippen LogP contribution in [0.4, 0.5) is 0 Å². The molecule has 3 rings (SSSR count). The second-order valence-electron chi connectivity index (χ2n) is 6.46. The molecule has 0 aromatic carbocycles. The molecule has 1 aliphatic heterocycles. The summed E-state index contributed by atoms with van der Waals surface area (Å²) < 4.78 is 0. The molecule has 0 radical (unpaired) electrons. The maximum atomic E-state index is 11.4.